The van der Waals surface area contributed by atoms with Crippen LogP contribution in [0.15, 0.2) is 40.9 Å². The number of benzene rings is 2. The number of para-hydroxylation sites is 2. The predicted octanol–water partition coefficient (Wildman–Crippen LogP) is 5.30. The first-order chi connectivity index (χ1) is 8.65. The molecule has 0 amide bonds. The molecule has 1 aromatic heterocycles. The van der Waals surface area contributed by atoms with Crippen LogP contribution in [0.1, 0.15) is 0 Å². The third-order valence-corrected chi connectivity index (χ3v) is 4.16. The lowest BCUT2D eigenvalue weighted by molar-refractivity contribution is 1.33. The van der Waals surface area contributed by atoms with E-state index in [0.717, 1.165) is 26.9 Å². The number of halogens is 3. The Labute approximate surface area is 122 Å². The Morgan fingerprint density at radius 3 is 2.61 bits per heavy atom. The minimum atomic E-state index is 0.602. The summed E-state index contributed by atoms with van der Waals surface area (Å²) in [6.07, 6.45) is 0. The summed E-state index contributed by atoms with van der Waals surface area (Å²) in [4.78, 5) is 7.73. The van der Waals surface area contributed by atoms with Crippen molar-refractivity contribution in [1.82, 2.24) is 9.97 Å². The molecular weight excluding hydrogens is 335 g/mol. The van der Waals surface area contributed by atoms with Crippen molar-refractivity contribution in [2.24, 2.45) is 0 Å². The molecule has 90 valence electrons. The van der Waals surface area contributed by atoms with Crippen LogP contribution in [0, 0.1) is 0 Å². The van der Waals surface area contributed by atoms with Crippen LogP contribution in [-0.4, -0.2) is 9.97 Å². The van der Waals surface area contributed by atoms with E-state index in [2.05, 4.69) is 25.9 Å². The van der Waals surface area contributed by atoms with Gasteiger partial charge < -0.3 is 4.98 Å². The molecule has 18 heavy (non-hydrogen) atoms. The molecule has 0 aliphatic carbocycles. The van der Waals surface area contributed by atoms with Crippen molar-refractivity contribution >= 4 is 50.2 Å². The van der Waals surface area contributed by atoms with E-state index in [9.17, 15) is 0 Å². The summed E-state index contributed by atoms with van der Waals surface area (Å²) in [6.45, 7) is 0. The average molecular weight is 342 g/mol. The summed E-state index contributed by atoms with van der Waals surface area (Å²) < 4.78 is 0.772. The minimum absolute atomic E-state index is 0.602. The molecular formula is C13H7BrCl2N2. The number of fused-ring (bicyclic) bond motifs is 1. The molecule has 0 saturated heterocycles. The number of hydrogen-bond donors (Lipinski definition) is 1. The summed E-state index contributed by atoms with van der Waals surface area (Å²) in [6, 6.07) is 11.4. The maximum Gasteiger partial charge on any atom is 0.140 e. The van der Waals surface area contributed by atoms with Crippen LogP contribution in [0.5, 0.6) is 0 Å². The summed E-state index contributed by atoms with van der Waals surface area (Å²) in [5.74, 6) is 0.718. The number of aromatic nitrogens is 2. The number of H-pyrrole nitrogens is 1. The van der Waals surface area contributed by atoms with Crippen LogP contribution >= 0.6 is 39.1 Å². The number of hydrogen-bond acceptors (Lipinski definition) is 1. The van der Waals surface area contributed by atoms with E-state index < -0.39 is 0 Å². The molecule has 3 aromatic rings. The monoisotopic (exact) mass is 340 g/mol. The number of imidazole rings is 1. The molecule has 0 aliphatic rings. The van der Waals surface area contributed by atoms with E-state index in [4.69, 9.17) is 23.2 Å². The van der Waals surface area contributed by atoms with Gasteiger partial charge in [-0.15, -0.1) is 0 Å². The van der Waals surface area contributed by atoms with E-state index in [0.29, 0.717) is 10.0 Å². The smallest absolute Gasteiger partial charge is 0.140 e. The second kappa shape index (κ2) is 4.57. The van der Waals surface area contributed by atoms with Crippen molar-refractivity contribution in [3.05, 3.63) is 50.9 Å². The molecule has 0 bridgehead atoms. The van der Waals surface area contributed by atoms with Crippen molar-refractivity contribution in [1.29, 1.82) is 0 Å². The van der Waals surface area contributed by atoms with Gasteiger partial charge in [-0.3, -0.25) is 0 Å². The lowest BCUT2D eigenvalue weighted by Crippen LogP contribution is -1.83. The third-order valence-electron chi connectivity index (χ3n) is 2.65. The average Bonchev–Trinajstić information content (AvgIpc) is 2.77. The summed E-state index contributed by atoms with van der Waals surface area (Å²) in [5.41, 5.74) is 2.67. The molecule has 0 fully saturated rings. The first-order valence-electron chi connectivity index (χ1n) is 5.25. The maximum absolute atomic E-state index is 6.21. The molecule has 2 aromatic carbocycles. The largest absolute Gasteiger partial charge is 0.338 e. The highest BCUT2D eigenvalue weighted by molar-refractivity contribution is 9.10. The lowest BCUT2D eigenvalue weighted by atomic mass is 10.2. The summed E-state index contributed by atoms with van der Waals surface area (Å²) >= 11 is 15.6. The van der Waals surface area contributed by atoms with E-state index in [-0.39, 0.29) is 0 Å². The first-order valence-corrected chi connectivity index (χ1v) is 6.80. The summed E-state index contributed by atoms with van der Waals surface area (Å²) in [7, 11) is 0. The third kappa shape index (κ3) is 2.03. The highest BCUT2D eigenvalue weighted by Crippen LogP contribution is 2.34. The molecule has 3 rings (SSSR count). The van der Waals surface area contributed by atoms with Crippen molar-refractivity contribution in [3.63, 3.8) is 0 Å². The number of aromatic amines is 1. The Balaban J connectivity index is 2.22. The van der Waals surface area contributed by atoms with Gasteiger partial charge in [0.25, 0.3) is 0 Å². The topological polar surface area (TPSA) is 28.7 Å². The molecule has 0 spiro atoms. The minimum Gasteiger partial charge on any atom is -0.338 e. The zero-order valence-corrected chi connectivity index (χ0v) is 12.1. The Morgan fingerprint density at radius 1 is 1.06 bits per heavy atom. The fourth-order valence-corrected chi connectivity index (χ4v) is 2.68. The van der Waals surface area contributed by atoms with Gasteiger partial charge in [0.05, 0.1) is 21.1 Å². The van der Waals surface area contributed by atoms with Gasteiger partial charge in [-0.1, -0.05) is 35.3 Å². The highest BCUT2D eigenvalue weighted by atomic mass is 79.9. The number of nitrogens with one attached hydrogen (secondary N) is 1. The van der Waals surface area contributed by atoms with Gasteiger partial charge >= 0.3 is 0 Å². The molecule has 1 heterocycles. The second-order valence-electron chi connectivity index (χ2n) is 3.85. The van der Waals surface area contributed by atoms with Gasteiger partial charge in [0, 0.05) is 10.0 Å². The first kappa shape index (κ1) is 12.0. The second-order valence-corrected chi connectivity index (χ2v) is 5.52. The van der Waals surface area contributed by atoms with E-state index in [1.165, 1.54) is 0 Å². The van der Waals surface area contributed by atoms with E-state index >= 15 is 0 Å². The molecule has 1 N–H and O–H groups in total. The molecule has 0 aliphatic heterocycles. The normalized spacial score (nSPS) is 11.1. The molecule has 0 saturated carbocycles. The quantitative estimate of drug-likeness (QED) is 0.598. The number of nitrogens with zero attached hydrogens (tertiary/aromatic N) is 1. The predicted molar refractivity (Wildman–Crippen MR) is 79.2 cm³/mol. The van der Waals surface area contributed by atoms with Crippen LogP contribution in [0.25, 0.3) is 22.4 Å². The van der Waals surface area contributed by atoms with Crippen LogP contribution < -0.4 is 0 Å². The van der Waals surface area contributed by atoms with Gasteiger partial charge in [-0.2, -0.15) is 0 Å². The van der Waals surface area contributed by atoms with Gasteiger partial charge in [0.2, 0.25) is 0 Å². The van der Waals surface area contributed by atoms with Crippen molar-refractivity contribution < 1.29 is 0 Å². The van der Waals surface area contributed by atoms with Gasteiger partial charge in [0.1, 0.15) is 5.82 Å². The van der Waals surface area contributed by atoms with E-state index in [1.807, 2.05) is 24.3 Å². The fraction of sp³-hybridized carbons (Fsp3) is 0. The maximum atomic E-state index is 6.21. The van der Waals surface area contributed by atoms with Crippen molar-refractivity contribution in [2.45, 2.75) is 0 Å². The Bertz CT molecular complexity index is 704. The molecule has 0 atom stereocenters. The molecule has 5 heteroatoms. The van der Waals surface area contributed by atoms with Gasteiger partial charge in [-0.25, -0.2) is 4.98 Å². The molecule has 0 radical (unpaired) electrons. The Kier molecular flexibility index (Phi) is 3.06. The highest BCUT2D eigenvalue weighted by Gasteiger charge is 2.11. The van der Waals surface area contributed by atoms with Gasteiger partial charge in [-0.05, 0) is 40.2 Å². The lowest BCUT2D eigenvalue weighted by Gasteiger charge is -2.03. The van der Waals surface area contributed by atoms with Crippen LogP contribution in [0.2, 0.25) is 10.0 Å². The van der Waals surface area contributed by atoms with Crippen LogP contribution in [-0.2, 0) is 0 Å². The molecule has 2 nitrogen and oxygen atoms in total. The van der Waals surface area contributed by atoms with Crippen LogP contribution in [0.4, 0.5) is 0 Å². The van der Waals surface area contributed by atoms with Crippen molar-refractivity contribution in [2.75, 3.05) is 0 Å². The Hall–Kier alpha value is -1.03. The summed E-state index contributed by atoms with van der Waals surface area (Å²) in [5, 5.41) is 1.21. The SMILES string of the molecule is Clc1cc(-c2nc3ccccc3[nH]2)c(Cl)cc1Br. The number of rotatable bonds is 1. The Morgan fingerprint density at radius 2 is 1.83 bits per heavy atom. The fourth-order valence-electron chi connectivity index (χ4n) is 1.78. The van der Waals surface area contributed by atoms with Crippen LogP contribution in [0.3, 0.4) is 0 Å². The zero-order chi connectivity index (χ0) is 12.7. The molecule has 0 unspecified atom stereocenters. The van der Waals surface area contributed by atoms with Crippen molar-refractivity contribution in [3.8, 4) is 11.4 Å². The van der Waals surface area contributed by atoms with Gasteiger partial charge in [0.15, 0.2) is 0 Å². The van der Waals surface area contributed by atoms with E-state index in [1.54, 1.807) is 12.1 Å². The standard InChI is InChI=1S/C13H7BrCl2N2/c14-8-6-9(15)7(5-10(8)16)13-17-11-3-1-2-4-12(11)18-13/h1-6H,(H,17,18). The zero-order valence-electron chi connectivity index (χ0n) is 9.05.